The van der Waals surface area contributed by atoms with Crippen molar-refractivity contribution in [2.75, 3.05) is 19.4 Å². The molecular weight excluding hydrogens is 264 g/mol. The van der Waals surface area contributed by atoms with Crippen LogP contribution in [-0.2, 0) is 16.0 Å². The van der Waals surface area contributed by atoms with E-state index in [0.717, 1.165) is 36.9 Å². The van der Waals surface area contributed by atoms with Crippen LogP contribution in [0, 0.1) is 5.92 Å². The average Bonchev–Trinajstić information content (AvgIpc) is 2.50. The van der Waals surface area contributed by atoms with Gasteiger partial charge in [-0.05, 0) is 30.5 Å². The molecule has 4 nitrogen and oxygen atoms in total. The van der Waals surface area contributed by atoms with Crippen LogP contribution < -0.4 is 5.32 Å². The van der Waals surface area contributed by atoms with Crippen LogP contribution in [0.3, 0.4) is 0 Å². The summed E-state index contributed by atoms with van der Waals surface area (Å²) < 4.78 is 0. The number of nitrogens with one attached hydrogen (secondary N) is 1. The number of benzene rings is 1. The summed E-state index contributed by atoms with van der Waals surface area (Å²) in [4.78, 5) is 25.4. The minimum Gasteiger partial charge on any atom is -0.349 e. The summed E-state index contributed by atoms with van der Waals surface area (Å²) in [7, 11) is 3.50. The van der Waals surface area contributed by atoms with E-state index in [1.165, 1.54) is 6.42 Å². The molecule has 0 spiro atoms. The number of hydrogen-bond acceptors (Lipinski definition) is 2. The summed E-state index contributed by atoms with van der Waals surface area (Å²) in [6.45, 7) is 0. The van der Waals surface area contributed by atoms with Crippen LogP contribution in [0.2, 0.25) is 0 Å². The molecule has 114 valence electrons. The molecule has 2 amide bonds. The van der Waals surface area contributed by atoms with Gasteiger partial charge in [0.1, 0.15) is 0 Å². The Morgan fingerprint density at radius 1 is 1.10 bits per heavy atom. The second kappa shape index (κ2) is 7.25. The molecule has 0 bridgehead atoms. The van der Waals surface area contributed by atoms with Gasteiger partial charge in [-0.2, -0.15) is 0 Å². The van der Waals surface area contributed by atoms with E-state index in [2.05, 4.69) is 5.32 Å². The highest BCUT2D eigenvalue weighted by Gasteiger charge is 2.20. The van der Waals surface area contributed by atoms with E-state index >= 15 is 0 Å². The van der Waals surface area contributed by atoms with Crippen molar-refractivity contribution in [2.24, 2.45) is 5.92 Å². The van der Waals surface area contributed by atoms with Crippen molar-refractivity contribution >= 4 is 17.5 Å². The lowest BCUT2D eigenvalue weighted by Crippen LogP contribution is -2.25. The van der Waals surface area contributed by atoms with Crippen LogP contribution >= 0.6 is 0 Å². The average molecular weight is 288 g/mol. The summed E-state index contributed by atoms with van der Waals surface area (Å²) in [5.41, 5.74) is 1.77. The molecule has 1 aromatic carbocycles. The van der Waals surface area contributed by atoms with Crippen LogP contribution in [0.5, 0.6) is 0 Å². The zero-order chi connectivity index (χ0) is 15.2. The molecule has 0 aromatic heterocycles. The number of carbonyl (C=O) groups is 2. The largest absolute Gasteiger partial charge is 0.349 e. The highest BCUT2D eigenvalue weighted by atomic mass is 16.2. The van der Waals surface area contributed by atoms with Gasteiger partial charge >= 0.3 is 0 Å². The standard InChI is InChI=1S/C17H24N2O2/c1-19(2)16(20)12-13-8-10-15(11-9-13)18-17(21)14-6-4-3-5-7-14/h8-11,14H,3-7,12H2,1-2H3,(H,18,21). The lowest BCUT2D eigenvalue weighted by molar-refractivity contribution is -0.128. The first-order valence-corrected chi connectivity index (χ1v) is 7.66. The predicted octanol–water partition coefficient (Wildman–Crippen LogP) is 2.84. The lowest BCUT2D eigenvalue weighted by atomic mass is 9.88. The topological polar surface area (TPSA) is 49.4 Å². The number of amides is 2. The SMILES string of the molecule is CN(C)C(=O)Cc1ccc(NC(=O)C2CCCCC2)cc1. The molecule has 1 aliphatic carbocycles. The monoisotopic (exact) mass is 288 g/mol. The molecule has 1 N–H and O–H groups in total. The molecule has 1 aliphatic rings. The minimum atomic E-state index is 0.0778. The third-order valence-corrected chi connectivity index (χ3v) is 4.05. The highest BCUT2D eigenvalue weighted by molar-refractivity contribution is 5.92. The fourth-order valence-electron chi connectivity index (χ4n) is 2.65. The van der Waals surface area contributed by atoms with Gasteiger partial charge in [0.15, 0.2) is 0 Å². The van der Waals surface area contributed by atoms with E-state index < -0.39 is 0 Å². The molecule has 2 rings (SSSR count). The Balaban J connectivity index is 1.89. The van der Waals surface area contributed by atoms with Crippen molar-refractivity contribution in [3.05, 3.63) is 29.8 Å². The van der Waals surface area contributed by atoms with Crippen LogP contribution in [0.4, 0.5) is 5.69 Å². The fourth-order valence-corrected chi connectivity index (χ4v) is 2.65. The number of nitrogens with zero attached hydrogens (tertiary/aromatic N) is 1. The molecule has 0 atom stereocenters. The third-order valence-electron chi connectivity index (χ3n) is 4.05. The summed E-state index contributed by atoms with van der Waals surface area (Å²) in [5, 5.41) is 2.98. The van der Waals surface area contributed by atoms with Crippen molar-refractivity contribution in [1.29, 1.82) is 0 Å². The van der Waals surface area contributed by atoms with Crippen molar-refractivity contribution in [1.82, 2.24) is 4.90 Å². The van der Waals surface area contributed by atoms with Gasteiger partial charge < -0.3 is 10.2 Å². The first-order chi connectivity index (χ1) is 10.1. The van der Waals surface area contributed by atoms with Gasteiger partial charge in [-0.15, -0.1) is 0 Å². The molecule has 1 fully saturated rings. The van der Waals surface area contributed by atoms with E-state index in [4.69, 9.17) is 0 Å². The second-order valence-corrected chi connectivity index (χ2v) is 5.99. The predicted molar refractivity (Wildman–Crippen MR) is 84.0 cm³/mol. The highest BCUT2D eigenvalue weighted by Crippen LogP contribution is 2.25. The van der Waals surface area contributed by atoms with E-state index in [1.54, 1.807) is 19.0 Å². The molecular formula is C17H24N2O2. The Hall–Kier alpha value is -1.84. The molecule has 0 unspecified atom stereocenters. The smallest absolute Gasteiger partial charge is 0.227 e. The first-order valence-electron chi connectivity index (χ1n) is 7.66. The maximum absolute atomic E-state index is 12.1. The van der Waals surface area contributed by atoms with Crippen LogP contribution in [0.15, 0.2) is 24.3 Å². The van der Waals surface area contributed by atoms with Gasteiger partial charge in [0.25, 0.3) is 0 Å². The molecule has 4 heteroatoms. The molecule has 21 heavy (non-hydrogen) atoms. The Labute approximate surface area is 126 Å². The third kappa shape index (κ3) is 4.59. The summed E-state index contributed by atoms with van der Waals surface area (Å²) in [5.74, 6) is 0.370. The first kappa shape index (κ1) is 15.5. The molecule has 1 saturated carbocycles. The van der Waals surface area contributed by atoms with Gasteiger partial charge in [0, 0.05) is 25.7 Å². The maximum atomic E-state index is 12.1. The number of hydrogen-bond donors (Lipinski definition) is 1. The van der Waals surface area contributed by atoms with Crippen LogP contribution in [0.25, 0.3) is 0 Å². The van der Waals surface area contributed by atoms with Crippen molar-refractivity contribution < 1.29 is 9.59 Å². The van der Waals surface area contributed by atoms with Crippen molar-refractivity contribution in [3.8, 4) is 0 Å². The summed E-state index contributed by atoms with van der Waals surface area (Å²) >= 11 is 0. The molecule has 0 radical (unpaired) electrons. The number of anilines is 1. The van der Waals surface area contributed by atoms with Gasteiger partial charge in [-0.25, -0.2) is 0 Å². The normalized spacial score (nSPS) is 15.5. The maximum Gasteiger partial charge on any atom is 0.227 e. The Morgan fingerprint density at radius 2 is 1.71 bits per heavy atom. The van der Waals surface area contributed by atoms with E-state index in [0.29, 0.717) is 6.42 Å². The fraction of sp³-hybridized carbons (Fsp3) is 0.529. The quantitative estimate of drug-likeness (QED) is 0.926. The lowest BCUT2D eigenvalue weighted by Gasteiger charge is -2.20. The van der Waals surface area contributed by atoms with Crippen molar-refractivity contribution in [3.63, 3.8) is 0 Å². The molecule has 1 aromatic rings. The summed E-state index contributed by atoms with van der Waals surface area (Å²) in [6.07, 6.45) is 5.96. The molecule has 0 heterocycles. The Kier molecular flexibility index (Phi) is 5.37. The van der Waals surface area contributed by atoms with Gasteiger partial charge in [0.05, 0.1) is 6.42 Å². The zero-order valence-corrected chi connectivity index (χ0v) is 12.9. The Bertz CT molecular complexity index is 488. The van der Waals surface area contributed by atoms with Crippen molar-refractivity contribution in [2.45, 2.75) is 38.5 Å². The number of carbonyl (C=O) groups excluding carboxylic acids is 2. The minimum absolute atomic E-state index is 0.0778. The van der Waals surface area contributed by atoms with Gasteiger partial charge in [-0.3, -0.25) is 9.59 Å². The van der Waals surface area contributed by atoms with Gasteiger partial charge in [0.2, 0.25) is 11.8 Å². The summed E-state index contributed by atoms with van der Waals surface area (Å²) in [6, 6.07) is 7.55. The zero-order valence-electron chi connectivity index (χ0n) is 12.9. The molecule has 0 saturated heterocycles. The number of rotatable bonds is 4. The molecule has 0 aliphatic heterocycles. The van der Waals surface area contributed by atoms with Crippen LogP contribution in [0.1, 0.15) is 37.7 Å². The van der Waals surface area contributed by atoms with E-state index in [-0.39, 0.29) is 17.7 Å². The van der Waals surface area contributed by atoms with Gasteiger partial charge in [-0.1, -0.05) is 31.4 Å². The Morgan fingerprint density at radius 3 is 2.29 bits per heavy atom. The van der Waals surface area contributed by atoms with Crippen LogP contribution in [-0.4, -0.2) is 30.8 Å². The van der Waals surface area contributed by atoms with E-state index in [1.807, 2.05) is 24.3 Å². The van der Waals surface area contributed by atoms with E-state index in [9.17, 15) is 9.59 Å². The number of likely N-dealkylation sites (N-methyl/N-ethyl adjacent to an activating group) is 1. The second-order valence-electron chi connectivity index (χ2n) is 5.99.